The average molecular weight is 406 g/mol. The van der Waals surface area contributed by atoms with Gasteiger partial charge >= 0.3 is 0 Å². The summed E-state index contributed by atoms with van der Waals surface area (Å²) in [6.07, 6.45) is 4.80. The van der Waals surface area contributed by atoms with Crippen molar-refractivity contribution >= 4 is 17.9 Å². The lowest BCUT2D eigenvalue weighted by molar-refractivity contribution is -0.126. The van der Waals surface area contributed by atoms with Crippen molar-refractivity contribution in [2.24, 2.45) is 11.1 Å². The Morgan fingerprint density at radius 2 is 1.80 bits per heavy atom. The number of carbonyl (C=O) groups is 2. The maximum atomic E-state index is 13.3. The number of amides is 2. The van der Waals surface area contributed by atoms with E-state index < -0.39 is 11.3 Å². The number of benzene rings is 2. The Kier molecular flexibility index (Phi) is 6.11. The van der Waals surface area contributed by atoms with Crippen LogP contribution in [0.25, 0.3) is 23.0 Å². The highest BCUT2D eigenvalue weighted by Crippen LogP contribution is 2.25. The molecule has 154 valence electrons. The van der Waals surface area contributed by atoms with Crippen LogP contribution in [0.2, 0.25) is 0 Å². The Bertz CT molecular complexity index is 1070. The quantitative estimate of drug-likeness (QED) is 0.590. The second-order valence-corrected chi connectivity index (χ2v) is 7.52. The van der Waals surface area contributed by atoms with Gasteiger partial charge in [-0.15, -0.1) is 0 Å². The van der Waals surface area contributed by atoms with Gasteiger partial charge in [0.15, 0.2) is 0 Å². The molecule has 0 radical (unpaired) electrons. The molecule has 0 spiro atoms. The van der Waals surface area contributed by atoms with Crippen LogP contribution in [0.5, 0.6) is 0 Å². The molecule has 1 aromatic heterocycles. The predicted molar refractivity (Wildman–Crippen MR) is 114 cm³/mol. The highest BCUT2D eigenvalue weighted by atomic mass is 19.1. The van der Waals surface area contributed by atoms with Crippen LogP contribution in [0.4, 0.5) is 4.39 Å². The molecule has 0 saturated heterocycles. The highest BCUT2D eigenvalue weighted by Gasteiger charge is 2.25. The van der Waals surface area contributed by atoms with Crippen molar-refractivity contribution in [3.8, 4) is 16.9 Å². The van der Waals surface area contributed by atoms with Crippen molar-refractivity contribution in [1.29, 1.82) is 0 Å². The van der Waals surface area contributed by atoms with Crippen LogP contribution in [0, 0.1) is 11.2 Å². The molecule has 0 fully saturated rings. The number of halogens is 1. The molecule has 0 saturated carbocycles. The molecule has 3 aromatic rings. The number of nitrogens with zero attached hydrogens (tertiary/aromatic N) is 2. The van der Waals surface area contributed by atoms with E-state index in [4.69, 9.17) is 5.73 Å². The summed E-state index contributed by atoms with van der Waals surface area (Å²) in [4.78, 5) is 23.6. The maximum Gasteiger partial charge on any atom is 0.244 e. The van der Waals surface area contributed by atoms with Gasteiger partial charge in [-0.25, -0.2) is 9.07 Å². The van der Waals surface area contributed by atoms with Gasteiger partial charge in [0.1, 0.15) is 5.82 Å². The summed E-state index contributed by atoms with van der Waals surface area (Å²) in [7, 11) is 0. The summed E-state index contributed by atoms with van der Waals surface area (Å²) in [5.41, 5.74) is 7.36. The fraction of sp³-hybridized carbons (Fsp3) is 0.174. The molecule has 3 rings (SSSR count). The molecular formula is C23H23FN4O2. The molecular weight excluding hydrogens is 383 g/mol. The largest absolute Gasteiger partial charge is 0.369 e. The van der Waals surface area contributed by atoms with Gasteiger partial charge in [-0.2, -0.15) is 5.10 Å². The van der Waals surface area contributed by atoms with Crippen molar-refractivity contribution in [3.63, 3.8) is 0 Å². The van der Waals surface area contributed by atoms with E-state index in [0.717, 1.165) is 11.3 Å². The van der Waals surface area contributed by atoms with E-state index in [1.807, 2.05) is 30.3 Å². The van der Waals surface area contributed by atoms with Crippen molar-refractivity contribution < 1.29 is 14.0 Å². The summed E-state index contributed by atoms with van der Waals surface area (Å²) in [6.45, 7) is 3.45. The van der Waals surface area contributed by atoms with E-state index in [1.165, 1.54) is 18.2 Å². The fourth-order valence-corrected chi connectivity index (χ4v) is 2.67. The zero-order chi connectivity index (χ0) is 21.7. The highest BCUT2D eigenvalue weighted by molar-refractivity contribution is 5.93. The van der Waals surface area contributed by atoms with Gasteiger partial charge in [-0.05, 0) is 56.3 Å². The third kappa shape index (κ3) is 5.00. The first kappa shape index (κ1) is 21.0. The Hall–Kier alpha value is -3.74. The molecule has 0 unspecified atom stereocenters. The number of nitrogens with two attached hydrogens (primary N) is 1. The molecule has 0 aliphatic carbocycles. The van der Waals surface area contributed by atoms with Crippen LogP contribution in [-0.2, 0) is 9.59 Å². The number of nitrogens with one attached hydrogen (secondary N) is 1. The lowest BCUT2D eigenvalue weighted by Crippen LogP contribution is -2.41. The van der Waals surface area contributed by atoms with Crippen LogP contribution < -0.4 is 11.1 Å². The van der Waals surface area contributed by atoms with E-state index in [9.17, 15) is 14.0 Å². The van der Waals surface area contributed by atoms with Crippen LogP contribution in [-0.4, -0.2) is 28.1 Å². The van der Waals surface area contributed by atoms with Crippen LogP contribution >= 0.6 is 0 Å². The first-order valence-corrected chi connectivity index (χ1v) is 9.43. The maximum absolute atomic E-state index is 13.3. The third-order valence-electron chi connectivity index (χ3n) is 4.67. The third-order valence-corrected chi connectivity index (χ3v) is 4.67. The molecule has 2 aromatic carbocycles. The minimum Gasteiger partial charge on any atom is -0.369 e. The minimum absolute atomic E-state index is 0.125. The average Bonchev–Trinajstić information content (AvgIpc) is 3.16. The van der Waals surface area contributed by atoms with Gasteiger partial charge in [-0.3, -0.25) is 9.59 Å². The number of aromatic nitrogens is 2. The second kappa shape index (κ2) is 8.73. The van der Waals surface area contributed by atoms with Gasteiger partial charge in [0.25, 0.3) is 0 Å². The number of rotatable bonds is 7. The van der Waals surface area contributed by atoms with Gasteiger partial charge in [-0.1, -0.05) is 18.2 Å². The van der Waals surface area contributed by atoms with Crippen molar-refractivity contribution in [2.75, 3.05) is 6.54 Å². The number of carbonyl (C=O) groups excluding carboxylic acids is 2. The zero-order valence-corrected chi connectivity index (χ0v) is 16.8. The monoisotopic (exact) mass is 406 g/mol. The van der Waals surface area contributed by atoms with Crippen molar-refractivity contribution in [1.82, 2.24) is 15.1 Å². The number of hydrogen-bond acceptors (Lipinski definition) is 3. The summed E-state index contributed by atoms with van der Waals surface area (Å²) in [5, 5.41) is 7.29. The summed E-state index contributed by atoms with van der Waals surface area (Å²) < 4.78 is 15.0. The first-order chi connectivity index (χ1) is 14.3. The van der Waals surface area contributed by atoms with Crippen LogP contribution in [0.3, 0.4) is 0 Å². The van der Waals surface area contributed by atoms with Gasteiger partial charge in [0.05, 0.1) is 16.8 Å². The van der Waals surface area contributed by atoms with Gasteiger partial charge in [0, 0.05) is 29.9 Å². The van der Waals surface area contributed by atoms with E-state index in [-0.39, 0.29) is 18.3 Å². The predicted octanol–water partition coefficient (Wildman–Crippen LogP) is 3.32. The van der Waals surface area contributed by atoms with Crippen molar-refractivity contribution in [2.45, 2.75) is 13.8 Å². The van der Waals surface area contributed by atoms with Crippen molar-refractivity contribution in [3.05, 3.63) is 78.3 Å². The van der Waals surface area contributed by atoms with Crippen LogP contribution in [0.1, 0.15) is 19.4 Å². The molecule has 30 heavy (non-hydrogen) atoms. The van der Waals surface area contributed by atoms with E-state index >= 15 is 0 Å². The van der Waals surface area contributed by atoms with Crippen LogP contribution in [0.15, 0.2) is 66.9 Å². The fourth-order valence-electron chi connectivity index (χ4n) is 2.67. The SMILES string of the molecule is CC(C)(CNC(=O)C=Cc1cn(-c2ccccc2)nc1-c1ccc(F)cc1)C(N)=O. The molecule has 0 atom stereocenters. The number of hydrogen-bond donors (Lipinski definition) is 2. The standard InChI is InChI=1S/C23H23FN4O2/c1-23(2,22(25)30)15-26-20(29)13-10-17-14-28(19-6-4-3-5-7-19)27-21(17)16-8-11-18(24)12-9-16/h3-14H,15H2,1-2H3,(H2,25,30)(H,26,29). The van der Waals surface area contributed by atoms with Gasteiger partial charge < -0.3 is 11.1 Å². The Morgan fingerprint density at radius 1 is 1.13 bits per heavy atom. The molecule has 2 amide bonds. The zero-order valence-electron chi connectivity index (χ0n) is 16.8. The van der Waals surface area contributed by atoms with E-state index in [2.05, 4.69) is 10.4 Å². The molecule has 0 aliphatic rings. The summed E-state index contributed by atoms with van der Waals surface area (Å²) in [5.74, 6) is -1.19. The van der Waals surface area contributed by atoms with E-state index in [0.29, 0.717) is 11.3 Å². The molecule has 7 heteroatoms. The van der Waals surface area contributed by atoms with Gasteiger partial charge in [0.2, 0.25) is 11.8 Å². The summed E-state index contributed by atoms with van der Waals surface area (Å²) in [6, 6.07) is 15.5. The normalized spacial score (nSPS) is 11.6. The molecule has 3 N–H and O–H groups in total. The summed E-state index contributed by atoms with van der Waals surface area (Å²) >= 11 is 0. The smallest absolute Gasteiger partial charge is 0.244 e. The molecule has 0 bridgehead atoms. The molecule has 0 aliphatic heterocycles. The molecule has 6 nitrogen and oxygen atoms in total. The number of primary amides is 1. The Balaban J connectivity index is 1.88. The molecule has 1 heterocycles. The van der Waals surface area contributed by atoms with E-state index in [1.54, 1.807) is 42.9 Å². The lowest BCUT2D eigenvalue weighted by Gasteiger charge is -2.19. The first-order valence-electron chi connectivity index (χ1n) is 9.43. The minimum atomic E-state index is -0.846. The lowest BCUT2D eigenvalue weighted by atomic mass is 9.93. The number of para-hydroxylation sites is 1. The Morgan fingerprint density at radius 3 is 2.43 bits per heavy atom. The Labute approximate surface area is 174 Å². The topological polar surface area (TPSA) is 90.0 Å². The second-order valence-electron chi connectivity index (χ2n) is 7.52.